The van der Waals surface area contributed by atoms with Crippen LogP contribution >= 0.6 is 0 Å². The summed E-state index contributed by atoms with van der Waals surface area (Å²) in [6.45, 7) is 5.75. The molecule has 2 heterocycles. The van der Waals surface area contributed by atoms with Crippen LogP contribution in [0.5, 0.6) is 0 Å². The van der Waals surface area contributed by atoms with E-state index in [2.05, 4.69) is 5.16 Å². The smallest absolute Gasteiger partial charge is 0.359 e. The van der Waals surface area contributed by atoms with Crippen molar-refractivity contribution >= 4 is 11.7 Å². The molecular weight excluding hydrogens is 270 g/mol. The van der Waals surface area contributed by atoms with Crippen molar-refractivity contribution in [2.24, 2.45) is 5.16 Å². The number of carbonyl (C=O) groups excluding carboxylic acids is 1. The molecule has 4 atom stereocenters. The molecule has 0 bridgehead atoms. The highest BCUT2D eigenvalue weighted by Gasteiger charge is 2.55. The molecule has 0 radical (unpaired) electrons. The minimum absolute atomic E-state index is 0.00794. The van der Waals surface area contributed by atoms with E-state index < -0.39 is 30.4 Å². The summed E-state index contributed by atoms with van der Waals surface area (Å²) in [5.74, 6) is -1.90. The molecule has 2 aliphatic rings. The normalized spacial score (nSPS) is 36.0. The first-order valence-corrected chi connectivity index (χ1v) is 6.47. The molecule has 0 aromatic heterocycles. The Balaban J connectivity index is 2.22. The van der Waals surface area contributed by atoms with Crippen molar-refractivity contribution in [1.82, 2.24) is 0 Å². The predicted octanol–water partition coefficient (Wildman–Crippen LogP) is 0.402. The number of hydrogen-bond donors (Lipinski definition) is 0. The lowest BCUT2D eigenvalue weighted by Crippen LogP contribution is -2.48. The van der Waals surface area contributed by atoms with E-state index in [1.807, 2.05) is 6.92 Å². The van der Waals surface area contributed by atoms with Crippen LogP contribution in [0.25, 0.3) is 0 Å². The second kappa shape index (κ2) is 6.04. The Morgan fingerprint density at radius 3 is 2.70 bits per heavy atom. The van der Waals surface area contributed by atoms with Crippen LogP contribution in [-0.4, -0.2) is 56.5 Å². The standard InChI is InChI=1S/C12H19NO7/c1-5-16-10(14)7-8-9(11(17-6-2)20-13-7)19-12(3,15-4)18-8/h8-9,11H,5-6H2,1-4H3/t8-,9-,11-,12?/m1/s1. The Morgan fingerprint density at radius 2 is 2.10 bits per heavy atom. The highest BCUT2D eigenvalue weighted by molar-refractivity contribution is 6.38. The molecule has 8 heteroatoms. The number of ether oxygens (including phenoxy) is 5. The van der Waals surface area contributed by atoms with Crippen molar-refractivity contribution in [3.63, 3.8) is 0 Å². The zero-order valence-corrected chi connectivity index (χ0v) is 12.0. The van der Waals surface area contributed by atoms with Crippen molar-refractivity contribution in [3.05, 3.63) is 0 Å². The van der Waals surface area contributed by atoms with Crippen LogP contribution in [0.3, 0.4) is 0 Å². The van der Waals surface area contributed by atoms with Gasteiger partial charge in [0.25, 0.3) is 12.3 Å². The number of methoxy groups -OCH3 is 1. The minimum atomic E-state index is -1.29. The molecule has 1 unspecified atom stereocenters. The number of fused-ring (bicyclic) bond motifs is 1. The second-order valence-corrected chi connectivity index (χ2v) is 4.31. The van der Waals surface area contributed by atoms with Gasteiger partial charge in [0.15, 0.2) is 11.8 Å². The van der Waals surface area contributed by atoms with E-state index in [4.69, 9.17) is 28.5 Å². The second-order valence-electron chi connectivity index (χ2n) is 4.31. The number of nitrogens with zero attached hydrogens (tertiary/aromatic N) is 1. The number of esters is 1. The molecule has 1 saturated heterocycles. The Hall–Kier alpha value is -1.22. The summed E-state index contributed by atoms with van der Waals surface area (Å²) in [4.78, 5) is 17.0. The van der Waals surface area contributed by atoms with E-state index in [1.165, 1.54) is 7.11 Å². The molecule has 1 fully saturated rings. The lowest BCUT2D eigenvalue weighted by molar-refractivity contribution is -0.326. The quantitative estimate of drug-likeness (QED) is 0.677. The zero-order chi connectivity index (χ0) is 14.8. The largest absolute Gasteiger partial charge is 0.461 e. The van der Waals surface area contributed by atoms with Gasteiger partial charge < -0.3 is 28.5 Å². The molecule has 0 aromatic rings. The highest BCUT2D eigenvalue weighted by atomic mass is 16.9. The Bertz CT molecular complexity index is 399. The van der Waals surface area contributed by atoms with Crippen molar-refractivity contribution < 1.29 is 33.3 Å². The molecule has 0 amide bonds. The maximum Gasteiger partial charge on any atom is 0.359 e. The molecule has 2 rings (SSSR count). The fraction of sp³-hybridized carbons (Fsp3) is 0.833. The van der Waals surface area contributed by atoms with Gasteiger partial charge in [0.1, 0.15) is 6.10 Å². The molecular formula is C12H19NO7. The third-order valence-corrected chi connectivity index (χ3v) is 2.97. The minimum Gasteiger partial charge on any atom is -0.461 e. The van der Waals surface area contributed by atoms with Gasteiger partial charge in [0.2, 0.25) is 0 Å². The van der Waals surface area contributed by atoms with Crippen LogP contribution in [0.1, 0.15) is 20.8 Å². The third-order valence-electron chi connectivity index (χ3n) is 2.97. The SMILES string of the molecule is CCOC(=O)C1=NO[C@@H](OCC)[C@@H]2OC(C)(OC)O[C@H]12. The van der Waals surface area contributed by atoms with Crippen molar-refractivity contribution in [2.75, 3.05) is 20.3 Å². The van der Waals surface area contributed by atoms with Crippen molar-refractivity contribution in [2.45, 2.75) is 45.2 Å². The summed E-state index contributed by atoms with van der Waals surface area (Å²) in [5.41, 5.74) is 0.00794. The van der Waals surface area contributed by atoms with E-state index in [-0.39, 0.29) is 12.3 Å². The van der Waals surface area contributed by atoms with Crippen molar-refractivity contribution in [1.29, 1.82) is 0 Å². The lowest BCUT2D eigenvalue weighted by atomic mass is 10.1. The van der Waals surface area contributed by atoms with Crippen LogP contribution in [0.15, 0.2) is 5.16 Å². The van der Waals surface area contributed by atoms with Gasteiger partial charge in [-0.05, 0) is 13.8 Å². The van der Waals surface area contributed by atoms with Crippen molar-refractivity contribution in [3.8, 4) is 0 Å². The van der Waals surface area contributed by atoms with Gasteiger partial charge in [0, 0.05) is 20.6 Å². The molecule has 114 valence electrons. The Morgan fingerprint density at radius 1 is 1.35 bits per heavy atom. The van der Waals surface area contributed by atoms with E-state index in [9.17, 15) is 4.79 Å². The van der Waals surface area contributed by atoms with Gasteiger partial charge in [-0.3, -0.25) is 0 Å². The number of carbonyl (C=O) groups is 1. The van der Waals surface area contributed by atoms with E-state index >= 15 is 0 Å². The molecule has 0 spiro atoms. The first-order chi connectivity index (χ1) is 9.54. The topological polar surface area (TPSA) is 84.8 Å². The average molecular weight is 289 g/mol. The summed E-state index contributed by atoms with van der Waals surface area (Å²) in [6.07, 6.45) is -2.18. The average Bonchev–Trinajstić information content (AvgIpc) is 2.78. The molecule has 2 aliphatic heterocycles. The van der Waals surface area contributed by atoms with Gasteiger partial charge in [0.05, 0.1) is 6.61 Å². The number of oxime groups is 1. The summed E-state index contributed by atoms with van der Waals surface area (Å²) >= 11 is 0. The van der Waals surface area contributed by atoms with Crippen LogP contribution in [0, 0.1) is 0 Å². The van der Waals surface area contributed by atoms with E-state index in [0.717, 1.165) is 0 Å². The predicted molar refractivity (Wildman–Crippen MR) is 65.7 cm³/mol. The lowest BCUT2D eigenvalue weighted by Gasteiger charge is -2.28. The highest BCUT2D eigenvalue weighted by Crippen LogP contribution is 2.35. The first kappa shape index (κ1) is 15.2. The van der Waals surface area contributed by atoms with Crippen LogP contribution < -0.4 is 0 Å². The molecule has 20 heavy (non-hydrogen) atoms. The van der Waals surface area contributed by atoms with Crippen LogP contribution in [0.2, 0.25) is 0 Å². The van der Waals surface area contributed by atoms with Gasteiger partial charge in [-0.25, -0.2) is 4.79 Å². The monoisotopic (exact) mass is 289 g/mol. The number of rotatable bonds is 5. The Kier molecular flexibility index (Phi) is 4.59. The fourth-order valence-corrected chi connectivity index (χ4v) is 2.01. The maximum absolute atomic E-state index is 11.9. The molecule has 0 saturated carbocycles. The zero-order valence-electron chi connectivity index (χ0n) is 12.0. The van der Waals surface area contributed by atoms with Gasteiger partial charge in [-0.15, -0.1) is 0 Å². The van der Waals surface area contributed by atoms with Crippen LogP contribution in [0.4, 0.5) is 0 Å². The summed E-state index contributed by atoms with van der Waals surface area (Å²) in [7, 11) is 1.44. The van der Waals surface area contributed by atoms with Gasteiger partial charge in [-0.2, -0.15) is 0 Å². The first-order valence-electron chi connectivity index (χ1n) is 6.47. The van der Waals surface area contributed by atoms with Gasteiger partial charge in [-0.1, -0.05) is 5.16 Å². The summed E-state index contributed by atoms with van der Waals surface area (Å²) in [5, 5.41) is 3.75. The van der Waals surface area contributed by atoms with E-state index in [1.54, 1.807) is 13.8 Å². The molecule has 0 aliphatic carbocycles. The van der Waals surface area contributed by atoms with Gasteiger partial charge >= 0.3 is 5.97 Å². The van der Waals surface area contributed by atoms with E-state index in [0.29, 0.717) is 6.61 Å². The summed E-state index contributed by atoms with van der Waals surface area (Å²) < 4.78 is 26.7. The van der Waals surface area contributed by atoms with Crippen LogP contribution in [-0.2, 0) is 33.3 Å². The maximum atomic E-state index is 11.9. The number of hydrogen-bond acceptors (Lipinski definition) is 8. The fourth-order valence-electron chi connectivity index (χ4n) is 2.01. The Labute approximate surface area is 116 Å². The summed E-state index contributed by atoms with van der Waals surface area (Å²) in [6, 6.07) is 0. The molecule has 0 N–H and O–H groups in total. The molecule has 8 nitrogen and oxygen atoms in total. The third kappa shape index (κ3) is 2.78. The molecule has 0 aromatic carbocycles.